The largest absolute Gasteiger partial charge is 0.384 e. The maximum atomic E-state index is 5.56. The monoisotopic (exact) mass is 187 g/mol. The van der Waals surface area contributed by atoms with Crippen molar-refractivity contribution in [3.8, 4) is 0 Å². The van der Waals surface area contributed by atoms with E-state index in [-0.39, 0.29) is 0 Å². The SMILES string of the molecule is C=CC(=NC(=C)C)c1ccnc(N)c1. The van der Waals surface area contributed by atoms with E-state index in [4.69, 9.17) is 5.73 Å². The van der Waals surface area contributed by atoms with E-state index in [1.165, 1.54) is 0 Å². The van der Waals surface area contributed by atoms with E-state index in [9.17, 15) is 0 Å². The van der Waals surface area contributed by atoms with Crippen LogP contribution < -0.4 is 5.73 Å². The van der Waals surface area contributed by atoms with Crippen LogP contribution in [-0.4, -0.2) is 10.7 Å². The van der Waals surface area contributed by atoms with Gasteiger partial charge in [0, 0.05) is 17.5 Å². The van der Waals surface area contributed by atoms with E-state index in [1.54, 1.807) is 18.3 Å². The zero-order valence-electron chi connectivity index (χ0n) is 8.20. The fourth-order valence-corrected chi connectivity index (χ4v) is 1.04. The summed E-state index contributed by atoms with van der Waals surface area (Å²) in [6, 6.07) is 3.59. The summed E-state index contributed by atoms with van der Waals surface area (Å²) in [4.78, 5) is 8.13. The Hall–Kier alpha value is -1.90. The summed E-state index contributed by atoms with van der Waals surface area (Å²) in [5.74, 6) is 0.471. The Morgan fingerprint density at radius 1 is 1.64 bits per heavy atom. The third-order valence-electron chi connectivity index (χ3n) is 1.58. The lowest BCUT2D eigenvalue weighted by Gasteiger charge is -2.01. The Kier molecular flexibility index (Phi) is 3.18. The first-order valence-electron chi connectivity index (χ1n) is 4.22. The Bertz CT molecular complexity index is 391. The molecule has 1 heterocycles. The summed E-state index contributed by atoms with van der Waals surface area (Å²) in [6.45, 7) is 9.22. The Balaban J connectivity index is 3.13. The molecular weight excluding hydrogens is 174 g/mol. The maximum Gasteiger partial charge on any atom is 0.123 e. The molecular formula is C11H13N3. The molecule has 0 unspecified atom stereocenters. The predicted molar refractivity (Wildman–Crippen MR) is 60.2 cm³/mol. The van der Waals surface area contributed by atoms with Gasteiger partial charge in [-0.2, -0.15) is 0 Å². The van der Waals surface area contributed by atoms with Crippen LogP contribution in [0.4, 0.5) is 5.82 Å². The first-order chi connectivity index (χ1) is 6.63. The fraction of sp³-hybridized carbons (Fsp3) is 0.0909. The van der Waals surface area contributed by atoms with E-state index in [1.807, 2.05) is 13.0 Å². The minimum absolute atomic E-state index is 0.471. The molecule has 0 fully saturated rings. The van der Waals surface area contributed by atoms with Crippen LogP contribution in [0.5, 0.6) is 0 Å². The van der Waals surface area contributed by atoms with Crippen LogP contribution in [0.15, 0.2) is 48.3 Å². The van der Waals surface area contributed by atoms with Gasteiger partial charge in [0.05, 0.1) is 5.71 Å². The van der Waals surface area contributed by atoms with Crippen LogP contribution in [0.2, 0.25) is 0 Å². The first-order valence-corrected chi connectivity index (χ1v) is 4.22. The number of nitrogen functional groups attached to an aromatic ring is 1. The summed E-state index contributed by atoms with van der Waals surface area (Å²) in [5, 5.41) is 0. The van der Waals surface area contributed by atoms with Gasteiger partial charge in [-0.1, -0.05) is 13.2 Å². The normalized spacial score (nSPS) is 11.1. The molecule has 0 saturated heterocycles. The molecule has 3 heteroatoms. The number of allylic oxidation sites excluding steroid dienone is 2. The molecule has 72 valence electrons. The number of anilines is 1. The van der Waals surface area contributed by atoms with Crippen molar-refractivity contribution >= 4 is 11.5 Å². The molecule has 0 atom stereocenters. The number of aromatic nitrogens is 1. The van der Waals surface area contributed by atoms with Crippen LogP contribution in [-0.2, 0) is 0 Å². The van der Waals surface area contributed by atoms with Crippen molar-refractivity contribution in [2.75, 3.05) is 5.73 Å². The number of hydrogen-bond donors (Lipinski definition) is 1. The third-order valence-corrected chi connectivity index (χ3v) is 1.58. The van der Waals surface area contributed by atoms with Gasteiger partial charge in [0.25, 0.3) is 0 Å². The van der Waals surface area contributed by atoms with Crippen molar-refractivity contribution in [1.29, 1.82) is 0 Å². The molecule has 1 aromatic rings. The van der Waals surface area contributed by atoms with E-state index in [0.717, 1.165) is 17.0 Å². The van der Waals surface area contributed by atoms with Crippen molar-refractivity contribution in [1.82, 2.24) is 4.98 Å². The molecule has 2 N–H and O–H groups in total. The summed E-state index contributed by atoms with van der Waals surface area (Å²) in [5.41, 5.74) is 7.95. The van der Waals surface area contributed by atoms with Crippen molar-refractivity contribution in [2.45, 2.75) is 6.92 Å². The number of hydrogen-bond acceptors (Lipinski definition) is 3. The zero-order chi connectivity index (χ0) is 10.6. The average molecular weight is 187 g/mol. The molecule has 0 radical (unpaired) electrons. The lowest BCUT2D eigenvalue weighted by molar-refractivity contribution is 1.30. The van der Waals surface area contributed by atoms with Gasteiger partial charge < -0.3 is 5.73 Å². The second-order valence-electron chi connectivity index (χ2n) is 2.91. The predicted octanol–water partition coefficient (Wildman–Crippen LogP) is 2.17. The summed E-state index contributed by atoms with van der Waals surface area (Å²) < 4.78 is 0. The molecule has 0 aliphatic heterocycles. The number of nitrogens with two attached hydrogens (primary N) is 1. The molecule has 0 spiro atoms. The molecule has 3 nitrogen and oxygen atoms in total. The van der Waals surface area contributed by atoms with Crippen molar-refractivity contribution < 1.29 is 0 Å². The van der Waals surface area contributed by atoms with E-state index in [0.29, 0.717) is 5.82 Å². The summed E-state index contributed by atoms with van der Waals surface area (Å²) in [7, 11) is 0. The van der Waals surface area contributed by atoms with E-state index >= 15 is 0 Å². The third kappa shape index (κ3) is 2.55. The number of pyridine rings is 1. The van der Waals surface area contributed by atoms with Crippen LogP contribution in [0.25, 0.3) is 0 Å². The highest BCUT2D eigenvalue weighted by Crippen LogP contribution is 2.07. The van der Waals surface area contributed by atoms with Crippen LogP contribution in [0, 0.1) is 0 Å². The second-order valence-corrected chi connectivity index (χ2v) is 2.91. The van der Waals surface area contributed by atoms with Gasteiger partial charge in [-0.25, -0.2) is 4.98 Å². The van der Waals surface area contributed by atoms with Crippen molar-refractivity contribution in [3.05, 3.63) is 48.8 Å². The highest BCUT2D eigenvalue weighted by atomic mass is 14.8. The Morgan fingerprint density at radius 3 is 2.86 bits per heavy atom. The molecule has 0 amide bonds. The summed E-state index contributed by atoms with van der Waals surface area (Å²) in [6.07, 6.45) is 3.31. The smallest absolute Gasteiger partial charge is 0.123 e. The second kappa shape index (κ2) is 4.37. The first kappa shape index (κ1) is 10.2. The molecule has 0 aliphatic rings. The van der Waals surface area contributed by atoms with Crippen molar-refractivity contribution in [2.24, 2.45) is 4.99 Å². The van der Waals surface area contributed by atoms with Gasteiger partial charge in [-0.15, -0.1) is 0 Å². The molecule has 0 saturated carbocycles. The van der Waals surface area contributed by atoms with E-state index < -0.39 is 0 Å². The van der Waals surface area contributed by atoms with Crippen LogP contribution in [0.3, 0.4) is 0 Å². The van der Waals surface area contributed by atoms with Crippen molar-refractivity contribution in [3.63, 3.8) is 0 Å². The number of aliphatic imine (C=N–C) groups is 1. The van der Waals surface area contributed by atoms with Gasteiger partial charge in [0.2, 0.25) is 0 Å². The molecule has 0 aromatic carbocycles. The lowest BCUT2D eigenvalue weighted by Crippen LogP contribution is -1.99. The zero-order valence-corrected chi connectivity index (χ0v) is 8.20. The minimum atomic E-state index is 0.471. The van der Waals surface area contributed by atoms with Crippen LogP contribution >= 0.6 is 0 Å². The quantitative estimate of drug-likeness (QED) is 0.737. The molecule has 0 bridgehead atoms. The van der Waals surface area contributed by atoms with E-state index in [2.05, 4.69) is 23.1 Å². The molecule has 1 aromatic heterocycles. The maximum absolute atomic E-state index is 5.56. The Labute approximate surface area is 83.7 Å². The standard InChI is InChI=1S/C11H13N3/c1-4-10(14-8(2)3)9-5-6-13-11(12)7-9/h4-7H,1-2H2,3H3,(H2,12,13). The summed E-state index contributed by atoms with van der Waals surface area (Å²) >= 11 is 0. The minimum Gasteiger partial charge on any atom is -0.384 e. The Morgan fingerprint density at radius 2 is 2.36 bits per heavy atom. The van der Waals surface area contributed by atoms with Gasteiger partial charge in [0.1, 0.15) is 5.82 Å². The molecule has 14 heavy (non-hydrogen) atoms. The molecule has 1 rings (SSSR count). The molecule has 0 aliphatic carbocycles. The van der Waals surface area contributed by atoms with Gasteiger partial charge in [-0.05, 0) is 25.1 Å². The highest BCUT2D eigenvalue weighted by Gasteiger charge is 1.99. The van der Waals surface area contributed by atoms with Gasteiger partial charge in [0.15, 0.2) is 0 Å². The van der Waals surface area contributed by atoms with Gasteiger partial charge >= 0.3 is 0 Å². The number of nitrogens with zero attached hydrogens (tertiary/aromatic N) is 2. The highest BCUT2D eigenvalue weighted by molar-refractivity contribution is 6.09. The fourth-order valence-electron chi connectivity index (χ4n) is 1.04. The van der Waals surface area contributed by atoms with Crippen LogP contribution in [0.1, 0.15) is 12.5 Å². The van der Waals surface area contributed by atoms with Gasteiger partial charge in [-0.3, -0.25) is 4.99 Å². The average Bonchev–Trinajstić information content (AvgIpc) is 2.14. The lowest BCUT2D eigenvalue weighted by atomic mass is 10.1. The topological polar surface area (TPSA) is 51.3 Å². The number of rotatable bonds is 3.